The molecular weight excluding hydrogens is 169 g/mol. The number of hydrogen-bond donors (Lipinski definition) is 0. The van der Waals surface area contributed by atoms with Crippen molar-refractivity contribution in [3.05, 3.63) is 29.8 Å². The van der Waals surface area contributed by atoms with Crippen LogP contribution in [0.4, 0.5) is 4.39 Å². The first-order valence-corrected chi connectivity index (χ1v) is 4.31. The van der Waals surface area contributed by atoms with Gasteiger partial charge in [0, 0.05) is 24.5 Å². The van der Waals surface area contributed by atoms with E-state index in [1.165, 1.54) is 12.3 Å². The molecule has 1 heterocycles. The van der Waals surface area contributed by atoms with Crippen molar-refractivity contribution in [3.8, 4) is 0 Å². The Hall–Kier alpha value is -1.25. The molecule has 2 unspecified atom stereocenters. The first kappa shape index (κ1) is 8.35. The molecule has 1 aliphatic rings. The molecule has 1 aliphatic carbocycles. The first-order chi connectivity index (χ1) is 6.18. The third-order valence-corrected chi connectivity index (χ3v) is 2.69. The summed E-state index contributed by atoms with van der Waals surface area (Å²) < 4.78 is 12.8. The van der Waals surface area contributed by atoms with Gasteiger partial charge in [0.1, 0.15) is 11.6 Å². The van der Waals surface area contributed by atoms with E-state index in [9.17, 15) is 9.18 Å². The molecule has 0 spiro atoms. The van der Waals surface area contributed by atoms with Crippen LogP contribution in [0.5, 0.6) is 0 Å². The van der Waals surface area contributed by atoms with Crippen LogP contribution < -0.4 is 0 Å². The maximum absolute atomic E-state index is 12.8. The number of Topliss-reactive ketones (excluding diaryl/α,β-unsaturated/α-hetero) is 1. The number of carbonyl (C=O) groups is 1. The second kappa shape index (κ2) is 2.91. The van der Waals surface area contributed by atoms with E-state index in [-0.39, 0.29) is 23.4 Å². The van der Waals surface area contributed by atoms with E-state index in [1.54, 1.807) is 6.20 Å². The predicted molar refractivity (Wildman–Crippen MR) is 45.7 cm³/mol. The van der Waals surface area contributed by atoms with Gasteiger partial charge in [0.2, 0.25) is 0 Å². The molecule has 0 bridgehead atoms. The molecule has 2 nitrogen and oxygen atoms in total. The summed E-state index contributed by atoms with van der Waals surface area (Å²) in [7, 11) is 0. The lowest BCUT2D eigenvalue weighted by Gasteiger charge is -2.32. The first-order valence-electron chi connectivity index (χ1n) is 4.31. The van der Waals surface area contributed by atoms with E-state index in [1.807, 2.05) is 6.92 Å². The summed E-state index contributed by atoms with van der Waals surface area (Å²) in [6.45, 7) is 1.88. The number of nitrogens with zero attached hydrogens (tertiary/aromatic N) is 1. The predicted octanol–water partition coefficient (Wildman–Crippen LogP) is 1.91. The zero-order chi connectivity index (χ0) is 9.42. The minimum absolute atomic E-state index is 0.0311. The molecule has 0 N–H and O–H groups in total. The summed E-state index contributed by atoms with van der Waals surface area (Å²) in [5.41, 5.74) is 0.840. The van der Waals surface area contributed by atoms with E-state index < -0.39 is 0 Å². The van der Waals surface area contributed by atoms with E-state index in [2.05, 4.69) is 4.98 Å². The summed E-state index contributed by atoms with van der Waals surface area (Å²) in [5.74, 6) is 0.137. The van der Waals surface area contributed by atoms with Gasteiger partial charge < -0.3 is 0 Å². The molecule has 3 heteroatoms. The maximum Gasteiger partial charge on any atom is 0.141 e. The minimum Gasteiger partial charge on any atom is -0.299 e. The lowest BCUT2D eigenvalue weighted by atomic mass is 9.70. The molecule has 0 saturated heterocycles. The number of halogens is 1. The van der Waals surface area contributed by atoms with Crippen LogP contribution in [-0.2, 0) is 4.79 Å². The van der Waals surface area contributed by atoms with Gasteiger partial charge in [-0.15, -0.1) is 0 Å². The van der Waals surface area contributed by atoms with Crippen LogP contribution in [0.15, 0.2) is 18.5 Å². The van der Waals surface area contributed by atoms with Crippen LogP contribution in [0.2, 0.25) is 0 Å². The van der Waals surface area contributed by atoms with Crippen molar-refractivity contribution >= 4 is 5.78 Å². The highest BCUT2D eigenvalue weighted by atomic mass is 19.1. The standard InChI is InChI=1S/C10H10FNO/c1-6-9(3-10(6)13)7-2-8(11)5-12-4-7/h2,4-6,9H,3H2,1H3. The van der Waals surface area contributed by atoms with Crippen molar-refractivity contribution < 1.29 is 9.18 Å². The number of pyridine rings is 1. The molecule has 1 saturated carbocycles. The monoisotopic (exact) mass is 179 g/mol. The molecule has 68 valence electrons. The van der Waals surface area contributed by atoms with E-state index in [4.69, 9.17) is 0 Å². The van der Waals surface area contributed by atoms with Crippen LogP contribution in [0, 0.1) is 11.7 Å². The quantitative estimate of drug-likeness (QED) is 0.659. The van der Waals surface area contributed by atoms with Gasteiger partial charge in [0.05, 0.1) is 6.20 Å². The molecule has 0 amide bonds. The number of hydrogen-bond acceptors (Lipinski definition) is 2. The van der Waals surface area contributed by atoms with Gasteiger partial charge in [0.15, 0.2) is 0 Å². The second-order valence-corrected chi connectivity index (χ2v) is 3.50. The van der Waals surface area contributed by atoms with Crippen molar-refractivity contribution in [2.24, 2.45) is 5.92 Å². The Bertz CT molecular complexity index is 351. The highest BCUT2D eigenvalue weighted by molar-refractivity contribution is 5.88. The van der Waals surface area contributed by atoms with Crippen molar-refractivity contribution in [3.63, 3.8) is 0 Å². The Morgan fingerprint density at radius 1 is 1.54 bits per heavy atom. The van der Waals surface area contributed by atoms with Gasteiger partial charge in [-0.3, -0.25) is 9.78 Å². The van der Waals surface area contributed by atoms with Crippen LogP contribution >= 0.6 is 0 Å². The molecule has 2 atom stereocenters. The minimum atomic E-state index is -0.330. The summed E-state index contributed by atoms with van der Waals surface area (Å²) in [5, 5.41) is 0. The summed E-state index contributed by atoms with van der Waals surface area (Å²) in [4.78, 5) is 14.7. The molecule has 0 aromatic carbocycles. The number of ketones is 1. The zero-order valence-corrected chi connectivity index (χ0v) is 7.33. The molecule has 1 aromatic rings. The Morgan fingerprint density at radius 3 is 2.85 bits per heavy atom. The average molecular weight is 179 g/mol. The van der Waals surface area contributed by atoms with Gasteiger partial charge in [-0.2, -0.15) is 0 Å². The average Bonchev–Trinajstić information content (AvgIpc) is 2.13. The molecule has 0 radical (unpaired) electrons. The normalized spacial score (nSPS) is 27.1. The van der Waals surface area contributed by atoms with Crippen molar-refractivity contribution in [2.45, 2.75) is 19.3 Å². The van der Waals surface area contributed by atoms with Gasteiger partial charge >= 0.3 is 0 Å². The Morgan fingerprint density at radius 2 is 2.31 bits per heavy atom. The van der Waals surface area contributed by atoms with Crippen LogP contribution in [0.3, 0.4) is 0 Å². The Balaban J connectivity index is 2.23. The molecule has 2 rings (SSSR count). The third kappa shape index (κ3) is 1.34. The number of carbonyl (C=O) groups excluding carboxylic acids is 1. The fraction of sp³-hybridized carbons (Fsp3) is 0.400. The molecule has 13 heavy (non-hydrogen) atoms. The van der Waals surface area contributed by atoms with Crippen LogP contribution in [-0.4, -0.2) is 10.8 Å². The third-order valence-electron chi connectivity index (χ3n) is 2.69. The summed E-state index contributed by atoms with van der Waals surface area (Å²) >= 11 is 0. The van der Waals surface area contributed by atoms with E-state index in [0.29, 0.717) is 6.42 Å². The lowest BCUT2D eigenvalue weighted by molar-refractivity contribution is -0.130. The molecule has 1 fully saturated rings. The largest absolute Gasteiger partial charge is 0.299 e. The van der Waals surface area contributed by atoms with Gasteiger partial charge in [-0.1, -0.05) is 6.92 Å². The molecule has 1 aromatic heterocycles. The fourth-order valence-electron chi connectivity index (χ4n) is 1.68. The van der Waals surface area contributed by atoms with Crippen molar-refractivity contribution in [1.82, 2.24) is 4.98 Å². The van der Waals surface area contributed by atoms with Gasteiger partial charge in [-0.05, 0) is 11.6 Å². The zero-order valence-electron chi connectivity index (χ0n) is 7.33. The molecular formula is C10H10FNO. The van der Waals surface area contributed by atoms with Crippen LogP contribution in [0.1, 0.15) is 24.8 Å². The second-order valence-electron chi connectivity index (χ2n) is 3.50. The van der Waals surface area contributed by atoms with Gasteiger partial charge in [-0.25, -0.2) is 4.39 Å². The number of aromatic nitrogens is 1. The Kier molecular flexibility index (Phi) is 1.87. The highest BCUT2D eigenvalue weighted by Gasteiger charge is 2.37. The summed E-state index contributed by atoms with van der Waals surface area (Å²) in [6.07, 6.45) is 3.34. The Labute approximate surface area is 75.8 Å². The van der Waals surface area contributed by atoms with Gasteiger partial charge in [0.25, 0.3) is 0 Å². The maximum atomic E-state index is 12.8. The highest BCUT2D eigenvalue weighted by Crippen LogP contribution is 2.38. The van der Waals surface area contributed by atoms with E-state index in [0.717, 1.165) is 5.56 Å². The smallest absolute Gasteiger partial charge is 0.141 e. The molecule has 0 aliphatic heterocycles. The number of rotatable bonds is 1. The van der Waals surface area contributed by atoms with Crippen molar-refractivity contribution in [1.29, 1.82) is 0 Å². The summed E-state index contributed by atoms with van der Waals surface area (Å²) in [6, 6.07) is 1.46. The van der Waals surface area contributed by atoms with E-state index >= 15 is 0 Å². The van der Waals surface area contributed by atoms with Crippen molar-refractivity contribution in [2.75, 3.05) is 0 Å². The fourth-order valence-corrected chi connectivity index (χ4v) is 1.68. The van der Waals surface area contributed by atoms with Crippen LogP contribution in [0.25, 0.3) is 0 Å². The topological polar surface area (TPSA) is 30.0 Å². The lowest BCUT2D eigenvalue weighted by Crippen LogP contribution is -2.32. The SMILES string of the molecule is CC1C(=O)CC1c1cncc(F)c1.